The summed E-state index contributed by atoms with van der Waals surface area (Å²) in [5.74, 6) is 0. The van der Waals surface area contributed by atoms with Gasteiger partial charge < -0.3 is 5.73 Å². The molecule has 1 atom stereocenters. The number of nitrogens with one attached hydrogen (secondary N) is 1. The Bertz CT molecular complexity index is 571. The molecule has 1 rings (SSSR count). The van der Waals surface area contributed by atoms with Gasteiger partial charge in [0.2, 0.25) is 10.0 Å². The molecule has 0 aromatic heterocycles. The molecule has 0 fully saturated rings. The Labute approximate surface area is 116 Å². The van der Waals surface area contributed by atoms with Gasteiger partial charge in [0.15, 0.2) is 0 Å². The van der Waals surface area contributed by atoms with Crippen molar-refractivity contribution in [3.05, 3.63) is 29.3 Å². The van der Waals surface area contributed by atoms with E-state index in [1.165, 1.54) is 19.1 Å². The van der Waals surface area contributed by atoms with E-state index in [9.17, 15) is 21.6 Å². The van der Waals surface area contributed by atoms with Gasteiger partial charge in [0.05, 0.1) is 11.3 Å². The van der Waals surface area contributed by atoms with Gasteiger partial charge in [-0.15, -0.1) is 0 Å². The molecule has 1 aromatic rings. The first-order valence-corrected chi connectivity index (χ1v) is 7.42. The molecule has 1 unspecified atom stereocenters. The van der Waals surface area contributed by atoms with Crippen LogP contribution in [0.5, 0.6) is 0 Å². The molecule has 0 saturated heterocycles. The largest absolute Gasteiger partial charge is 0.390 e. The van der Waals surface area contributed by atoms with E-state index in [1.54, 1.807) is 13.0 Å². The highest BCUT2D eigenvalue weighted by atomic mass is 32.2. The number of hydrogen-bond acceptors (Lipinski definition) is 3. The second kappa shape index (κ2) is 6.11. The van der Waals surface area contributed by atoms with Crippen molar-refractivity contribution in [3.8, 4) is 0 Å². The quantitative estimate of drug-likeness (QED) is 0.874. The van der Waals surface area contributed by atoms with Crippen molar-refractivity contribution in [1.29, 1.82) is 0 Å². The maximum atomic E-state index is 12.2. The molecule has 0 aliphatic carbocycles. The zero-order valence-electron chi connectivity index (χ0n) is 11.2. The molecule has 114 valence electrons. The predicted molar refractivity (Wildman–Crippen MR) is 69.5 cm³/mol. The minimum atomic E-state index is -4.42. The van der Waals surface area contributed by atoms with Gasteiger partial charge in [0.1, 0.15) is 0 Å². The molecule has 0 saturated carbocycles. The lowest BCUT2D eigenvalue weighted by molar-refractivity contribution is -0.137. The van der Waals surface area contributed by atoms with Gasteiger partial charge in [-0.05, 0) is 37.1 Å². The summed E-state index contributed by atoms with van der Waals surface area (Å²) in [7, 11) is -3.97. The third-order valence-corrected chi connectivity index (χ3v) is 4.33. The van der Waals surface area contributed by atoms with E-state index < -0.39 is 28.7 Å². The number of sulfonamides is 1. The van der Waals surface area contributed by atoms with Crippen molar-refractivity contribution >= 4 is 10.0 Å². The van der Waals surface area contributed by atoms with E-state index in [0.717, 1.165) is 5.56 Å². The molecule has 0 aliphatic heterocycles. The monoisotopic (exact) mass is 310 g/mol. The number of nitrogens with two attached hydrogens (primary N) is 1. The van der Waals surface area contributed by atoms with Crippen LogP contribution in [-0.4, -0.2) is 20.6 Å². The SMILES string of the molecule is Cc1cc(S(=O)(=O)NC(C)CC(F)(F)F)ccc1CN. The Balaban J connectivity index is 2.91. The Hall–Kier alpha value is -1.12. The number of benzene rings is 1. The van der Waals surface area contributed by atoms with E-state index >= 15 is 0 Å². The maximum Gasteiger partial charge on any atom is 0.390 e. The second-order valence-electron chi connectivity index (χ2n) is 4.63. The van der Waals surface area contributed by atoms with E-state index in [0.29, 0.717) is 5.56 Å². The highest BCUT2D eigenvalue weighted by Gasteiger charge is 2.32. The predicted octanol–water partition coefficient (Wildman–Crippen LogP) is 2.07. The van der Waals surface area contributed by atoms with Gasteiger partial charge in [-0.3, -0.25) is 0 Å². The van der Waals surface area contributed by atoms with Gasteiger partial charge in [-0.1, -0.05) is 6.07 Å². The van der Waals surface area contributed by atoms with Crippen LogP contribution in [0.3, 0.4) is 0 Å². The van der Waals surface area contributed by atoms with Crippen LogP contribution in [0.1, 0.15) is 24.5 Å². The van der Waals surface area contributed by atoms with Gasteiger partial charge in [-0.2, -0.15) is 13.2 Å². The molecule has 20 heavy (non-hydrogen) atoms. The van der Waals surface area contributed by atoms with Crippen molar-refractivity contribution < 1.29 is 21.6 Å². The van der Waals surface area contributed by atoms with Crippen LogP contribution in [0.4, 0.5) is 13.2 Å². The number of hydrogen-bond donors (Lipinski definition) is 2. The first-order chi connectivity index (χ1) is 9.05. The van der Waals surface area contributed by atoms with Gasteiger partial charge in [0.25, 0.3) is 0 Å². The summed E-state index contributed by atoms with van der Waals surface area (Å²) in [6, 6.07) is 3.05. The topological polar surface area (TPSA) is 72.2 Å². The number of rotatable bonds is 5. The summed E-state index contributed by atoms with van der Waals surface area (Å²) in [6.45, 7) is 3.14. The average molecular weight is 310 g/mol. The number of halogens is 3. The zero-order chi connectivity index (χ0) is 15.6. The first kappa shape index (κ1) is 16.9. The van der Waals surface area contributed by atoms with Crippen molar-refractivity contribution in [2.24, 2.45) is 5.73 Å². The Morgan fingerprint density at radius 1 is 1.35 bits per heavy atom. The molecule has 0 spiro atoms. The number of aryl methyl sites for hydroxylation is 1. The fourth-order valence-corrected chi connectivity index (χ4v) is 3.11. The third-order valence-electron chi connectivity index (χ3n) is 2.74. The van der Waals surface area contributed by atoms with Crippen molar-refractivity contribution in [1.82, 2.24) is 4.72 Å². The van der Waals surface area contributed by atoms with E-state index in [1.807, 2.05) is 4.72 Å². The van der Waals surface area contributed by atoms with Crippen LogP contribution < -0.4 is 10.5 Å². The molecule has 0 bridgehead atoms. The Kier molecular flexibility index (Phi) is 5.17. The zero-order valence-corrected chi connectivity index (χ0v) is 12.0. The molecule has 1 aromatic carbocycles. The van der Waals surface area contributed by atoms with Crippen LogP contribution in [0, 0.1) is 6.92 Å². The summed E-state index contributed by atoms with van der Waals surface area (Å²) in [5, 5.41) is 0. The average Bonchev–Trinajstić information content (AvgIpc) is 2.25. The molecule has 0 heterocycles. The van der Waals surface area contributed by atoms with Crippen LogP contribution in [0.25, 0.3) is 0 Å². The van der Waals surface area contributed by atoms with Crippen LogP contribution in [0.2, 0.25) is 0 Å². The van der Waals surface area contributed by atoms with E-state index in [-0.39, 0.29) is 11.4 Å². The lowest BCUT2D eigenvalue weighted by Gasteiger charge is -2.16. The van der Waals surface area contributed by atoms with E-state index in [2.05, 4.69) is 0 Å². The Morgan fingerprint density at radius 2 is 1.95 bits per heavy atom. The lowest BCUT2D eigenvalue weighted by Crippen LogP contribution is -2.36. The second-order valence-corrected chi connectivity index (χ2v) is 6.35. The third kappa shape index (κ3) is 4.77. The summed E-state index contributed by atoms with van der Waals surface area (Å²) in [5.41, 5.74) is 6.93. The fourth-order valence-electron chi connectivity index (χ4n) is 1.79. The molecule has 0 radical (unpaired) electrons. The molecule has 4 nitrogen and oxygen atoms in total. The van der Waals surface area contributed by atoms with Crippen LogP contribution in [0.15, 0.2) is 23.1 Å². The van der Waals surface area contributed by atoms with Crippen molar-refractivity contribution in [3.63, 3.8) is 0 Å². The van der Waals surface area contributed by atoms with Gasteiger partial charge >= 0.3 is 6.18 Å². The first-order valence-electron chi connectivity index (χ1n) is 5.94. The maximum absolute atomic E-state index is 12.2. The minimum Gasteiger partial charge on any atom is -0.326 e. The van der Waals surface area contributed by atoms with Crippen molar-refractivity contribution in [2.45, 2.75) is 43.9 Å². The molecule has 8 heteroatoms. The number of alkyl halides is 3. The fraction of sp³-hybridized carbons (Fsp3) is 0.500. The highest BCUT2D eigenvalue weighted by molar-refractivity contribution is 7.89. The summed E-state index contributed by atoms with van der Waals surface area (Å²) in [4.78, 5) is -0.0683. The summed E-state index contributed by atoms with van der Waals surface area (Å²) >= 11 is 0. The standard InChI is InChI=1S/C12H17F3N2O2S/c1-8-5-11(4-3-10(8)7-16)20(18,19)17-9(2)6-12(13,14)15/h3-5,9,17H,6-7,16H2,1-2H3. The smallest absolute Gasteiger partial charge is 0.326 e. The minimum absolute atomic E-state index is 0.0683. The molecule has 0 amide bonds. The van der Waals surface area contributed by atoms with E-state index in [4.69, 9.17) is 5.73 Å². The van der Waals surface area contributed by atoms with Crippen LogP contribution in [-0.2, 0) is 16.6 Å². The van der Waals surface area contributed by atoms with Crippen LogP contribution >= 0.6 is 0 Å². The summed E-state index contributed by atoms with van der Waals surface area (Å²) < 4.78 is 62.5. The molecule has 3 N–H and O–H groups in total. The Morgan fingerprint density at radius 3 is 2.40 bits per heavy atom. The molecular weight excluding hydrogens is 293 g/mol. The normalized spacial score (nSPS) is 14.3. The molecule has 0 aliphatic rings. The van der Waals surface area contributed by atoms with Gasteiger partial charge in [-0.25, -0.2) is 13.1 Å². The van der Waals surface area contributed by atoms with Gasteiger partial charge in [0, 0.05) is 12.6 Å². The van der Waals surface area contributed by atoms with Crippen molar-refractivity contribution in [2.75, 3.05) is 0 Å². The molecular formula is C12H17F3N2O2S. The summed E-state index contributed by atoms with van der Waals surface area (Å²) in [6.07, 6.45) is -5.63. The highest BCUT2D eigenvalue weighted by Crippen LogP contribution is 2.22. The lowest BCUT2D eigenvalue weighted by atomic mass is 10.1.